The molecule has 1 saturated heterocycles. The van der Waals surface area contributed by atoms with E-state index in [0.29, 0.717) is 11.0 Å². The number of aromatic amines is 1. The average molecular weight is 564 g/mol. The number of H-pyrrole nitrogens is 1. The number of carbonyl (C=O) groups excluding carboxylic acids is 1. The van der Waals surface area contributed by atoms with Gasteiger partial charge in [-0.1, -0.05) is 43.1 Å². The lowest BCUT2D eigenvalue weighted by molar-refractivity contribution is -0.145. The Hall–Kier alpha value is -2.54. The second-order valence-corrected chi connectivity index (χ2v) is 10.5. The van der Waals surface area contributed by atoms with Crippen LogP contribution < -0.4 is 20.9 Å². The van der Waals surface area contributed by atoms with Gasteiger partial charge in [0, 0.05) is 12.3 Å². The molecular weight excluding hydrogens is 536 g/mol. The van der Waals surface area contributed by atoms with Crippen LogP contribution >= 0.6 is 19.3 Å². The van der Waals surface area contributed by atoms with Gasteiger partial charge in [0.1, 0.15) is 24.0 Å². The van der Waals surface area contributed by atoms with E-state index in [-0.39, 0.29) is 12.4 Å². The maximum Gasteiger partial charge on any atom is 0.459 e. The van der Waals surface area contributed by atoms with Crippen LogP contribution in [0.4, 0.5) is 4.39 Å². The Balaban J connectivity index is 1.77. The molecule has 1 aliphatic heterocycles. The number of aromatic nitrogens is 2. The number of unbranched alkanes of at least 4 members (excludes halogenated alkanes) is 1. The third kappa shape index (κ3) is 7.28. The number of alkyl halides is 2. The Labute approximate surface area is 216 Å². The third-order valence-corrected chi connectivity index (χ3v) is 7.36. The molecule has 2 aromatic rings. The smallest absolute Gasteiger partial charge is 0.459 e. The summed E-state index contributed by atoms with van der Waals surface area (Å²) in [5.41, 5.74) is -1.75. The predicted molar refractivity (Wildman–Crippen MR) is 130 cm³/mol. The number of hydrogen-bond acceptors (Lipinski definition) is 9. The summed E-state index contributed by atoms with van der Waals surface area (Å²) in [6, 6.07) is 7.73. The highest BCUT2D eigenvalue weighted by Gasteiger charge is 2.58. The van der Waals surface area contributed by atoms with Crippen molar-refractivity contribution in [3.63, 3.8) is 0 Å². The molecule has 12 nitrogen and oxygen atoms in total. The molecule has 0 amide bonds. The standard InChI is InChI=1S/C22H28ClFN3O9P/c1-3-4-12-33-19(30)14(2)26-37(32,36-15-8-6-5-7-9-15)34-13-16-18(29)22(23,24)20(35-16)27-11-10-17(28)25-21(27)31/h5-11,14,16,18,20,29H,3-4,12-13H2,1-2H3,(H,26,32)(H,25,28,31). The topological polar surface area (TPSA) is 158 Å². The molecule has 204 valence electrons. The SMILES string of the molecule is CCCCOC(=O)C(C)NP(=O)(OCC1OC(n2ccc(=O)[nH]c2=O)C(F)(Cl)C1O)Oc1ccccc1. The van der Waals surface area contributed by atoms with Gasteiger partial charge < -0.3 is 19.1 Å². The van der Waals surface area contributed by atoms with Crippen LogP contribution in [-0.2, 0) is 23.4 Å². The zero-order valence-corrected chi connectivity index (χ0v) is 21.7. The fourth-order valence-corrected chi connectivity index (χ4v) is 5.13. The van der Waals surface area contributed by atoms with E-state index in [1.54, 1.807) is 18.2 Å². The fourth-order valence-electron chi connectivity index (χ4n) is 3.33. The van der Waals surface area contributed by atoms with Gasteiger partial charge in [-0.3, -0.25) is 23.7 Å². The first-order chi connectivity index (χ1) is 17.5. The van der Waals surface area contributed by atoms with Crippen molar-refractivity contribution in [1.29, 1.82) is 0 Å². The van der Waals surface area contributed by atoms with Crippen LogP contribution in [0, 0.1) is 0 Å². The number of halogens is 2. The number of nitrogens with one attached hydrogen (secondary N) is 2. The van der Waals surface area contributed by atoms with Crippen LogP contribution in [0.25, 0.3) is 0 Å². The molecule has 2 heterocycles. The Morgan fingerprint density at radius 1 is 1.35 bits per heavy atom. The molecule has 1 aromatic heterocycles. The lowest BCUT2D eigenvalue weighted by atomic mass is 10.1. The van der Waals surface area contributed by atoms with Crippen molar-refractivity contribution in [3.05, 3.63) is 63.4 Å². The molecule has 6 atom stereocenters. The van der Waals surface area contributed by atoms with E-state index >= 15 is 4.39 Å². The molecular formula is C22H28ClFN3O9P. The van der Waals surface area contributed by atoms with E-state index in [1.165, 1.54) is 19.1 Å². The van der Waals surface area contributed by atoms with Crippen LogP contribution in [0.3, 0.4) is 0 Å². The number of esters is 1. The fraction of sp³-hybridized carbons (Fsp3) is 0.500. The number of ether oxygens (including phenoxy) is 2. The Kier molecular flexibility index (Phi) is 9.68. The first kappa shape index (κ1) is 29.0. The summed E-state index contributed by atoms with van der Waals surface area (Å²) >= 11 is 5.87. The highest BCUT2D eigenvalue weighted by atomic mass is 35.5. The normalized spacial score (nSPS) is 25.8. The molecule has 0 radical (unpaired) electrons. The zero-order valence-electron chi connectivity index (χ0n) is 20.0. The minimum atomic E-state index is -4.34. The molecule has 37 heavy (non-hydrogen) atoms. The molecule has 0 saturated carbocycles. The molecule has 1 fully saturated rings. The molecule has 0 aliphatic carbocycles. The van der Waals surface area contributed by atoms with E-state index in [9.17, 15) is 24.1 Å². The van der Waals surface area contributed by atoms with Gasteiger partial charge in [0.2, 0.25) is 0 Å². The summed E-state index contributed by atoms with van der Waals surface area (Å²) in [6.45, 7) is 2.77. The number of rotatable bonds is 12. The van der Waals surface area contributed by atoms with E-state index < -0.39 is 61.2 Å². The van der Waals surface area contributed by atoms with Gasteiger partial charge in [-0.05, 0) is 25.5 Å². The van der Waals surface area contributed by atoms with Crippen LogP contribution in [0.1, 0.15) is 32.9 Å². The number of hydrogen-bond donors (Lipinski definition) is 3. The van der Waals surface area contributed by atoms with Crippen LogP contribution in [0.2, 0.25) is 0 Å². The van der Waals surface area contributed by atoms with Gasteiger partial charge >= 0.3 is 19.4 Å². The minimum Gasteiger partial charge on any atom is -0.465 e. The molecule has 1 aliphatic rings. The number of aliphatic hydroxyl groups is 1. The van der Waals surface area contributed by atoms with Crippen LogP contribution in [-0.4, -0.2) is 57.2 Å². The number of carbonyl (C=O) groups is 1. The van der Waals surface area contributed by atoms with Gasteiger partial charge in [0.15, 0.2) is 6.23 Å². The summed E-state index contributed by atoms with van der Waals surface area (Å²) < 4.78 is 50.9. The molecule has 0 bridgehead atoms. The third-order valence-electron chi connectivity index (χ3n) is 5.31. The summed E-state index contributed by atoms with van der Waals surface area (Å²) in [5, 5.41) is 9.90. The first-order valence-corrected chi connectivity index (χ1v) is 13.4. The average Bonchev–Trinajstić information content (AvgIpc) is 3.07. The molecule has 3 rings (SSSR count). The summed E-state index contributed by atoms with van der Waals surface area (Å²) in [7, 11) is -4.34. The summed E-state index contributed by atoms with van der Waals surface area (Å²) in [6.07, 6.45) is -3.01. The van der Waals surface area contributed by atoms with Gasteiger partial charge in [0.25, 0.3) is 10.7 Å². The second-order valence-electron chi connectivity index (χ2n) is 8.23. The van der Waals surface area contributed by atoms with Crippen molar-refractivity contribution < 1.29 is 37.4 Å². The number of benzene rings is 1. The molecule has 0 spiro atoms. The van der Waals surface area contributed by atoms with Crippen molar-refractivity contribution in [2.75, 3.05) is 13.2 Å². The van der Waals surface area contributed by atoms with Crippen molar-refractivity contribution in [3.8, 4) is 5.75 Å². The second kappa shape index (κ2) is 12.3. The molecule has 15 heteroatoms. The molecule has 3 N–H and O–H groups in total. The van der Waals surface area contributed by atoms with Gasteiger partial charge in [-0.2, -0.15) is 5.09 Å². The maximum absolute atomic E-state index is 15.2. The Morgan fingerprint density at radius 2 is 2.05 bits per heavy atom. The van der Waals surface area contributed by atoms with Gasteiger partial charge in [-0.25, -0.2) is 13.8 Å². The number of para-hydroxylation sites is 1. The minimum absolute atomic E-state index is 0.132. The number of nitrogens with zero attached hydrogens (tertiary/aromatic N) is 1. The predicted octanol–water partition coefficient (Wildman–Crippen LogP) is 2.22. The summed E-state index contributed by atoms with van der Waals surface area (Å²) in [5.74, 6) is -0.570. The van der Waals surface area contributed by atoms with Crippen molar-refractivity contribution >= 4 is 25.3 Å². The van der Waals surface area contributed by atoms with E-state index in [0.717, 1.165) is 18.7 Å². The Morgan fingerprint density at radius 3 is 2.70 bits per heavy atom. The zero-order chi connectivity index (χ0) is 27.2. The monoisotopic (exact) mass is 563 g/mol. The quantitative estimate of drug-likeness (QED) is 0.151. The first-order valence-electron chi connectivity index (χ1n) is 11.4. The maximum atomic E-state index is 15.2. The van der Waals surface area contributed by atoms with Gasteiger partial charge in [-0.15, -0.1) is 0 Å². The van der Waals surface area contributed by atoms with Gasteiger partial charge in [0.05, 0.1) is 13.2 Å². The highest BCUT2D eigenvalue weighted by molar-refractivity contribution is 7.52. The molecule has 1 aromatic carbocycles. The van der Waals surface area contributed by atoms with E-state index in [2.05, 4.69) is 5.09 Å². The largest absolute Gasteiger partial charge is 0.465 e. The highest BCUT2D eigenvalue weighted by Crippen LogP contribution is 2.48. The van der Waals surface area contributed by atoms with Crippen LogP contribution in [0.15, 0.2) is 52.2 Å². The van der Waals surface area contributed by atoms with E-state index in [4.69, 9.17) is 30.1 Å². The lowest BCUT2D eigenvalue weighted by Crippen LogP contribution is -2.42. The number of aliphatic hydroxyl groups excluding tert-OH is 1. The lowest BCUT2D eigenvalue weighted by Gasteiger charge is -2.24. The summed E-state index contributed by atoms with van der Waals surface area (Å²) in [4.78, 5) is 37.7. The van der Waals surface area contributed by atoms with Crippen molar-refractivity contribution in [2.45, 2.75) is 56.3 Å². The van der Waals surface area contributed by atoms with E-state index in [1.807, 2.05) is 11.9 Å². The Bertz CT molecular complexity index is 1230. The van der Waals surface area contributed by atoms with Crippen molar-refractivity contribution in [2.24, 2.45) is 0 Å². The van der Waals surface area contributed by atoms with Crippen molar-refractivity contribution in [1.82, 2.24) is 14.6 Å². The molecule has 6 unspecified atom stereocenters. The van der Waals surface area contributed by atoms with Crippen LogP contribution in [0.5, 0.6) is 5.75 Å².